The summed E-state index contributed by atoms with van der Waals surface area (Å²) in [4.78, 5) is 11.3. The standard InChI is InChI=1S/C10H10N2O4/c13-5-8-9(15)11-12(10(8)16)6-1-3-7(14)4-2-6/h1-4,13-14,16H,5H2,(H,11,15). The highest BCUT2D eigenvalue weighted by Gasteiger charge is 2.13. The summed E-state index contributed by atoms with van der Waals surface area (Å²) in [5, 5.41) is 30.0. The second kappa shape index (κ2) is 3.74. The highest BCUT2D eigenvalue weighted by atomic mass is 16.3. The van der Waals surface area contributed by atoms with E-state index >= 15 is 0 Å². The predicted octanol–water partition coefficient (Wildman–Crippen LogP) is 0.0691. The van der Waals surface area contributed by atoms with Crippen molar-refractivity contribution in [1.29, 1.82) is 0 Å². The maximum absolute atomic E-state index is 11.3. The number of nitrogens with one attached hydrogen (secondary N) is 1. The van der Waals surface area contributed by atoms with Gasteiger partial charge in [0.1, 0.15) is 11.3 Å². The molecule has 0 atom stereocenters. The Hall–Kier alpha value is -2.21. The van der Waals surface area contributed by atoms with Crippen LogP contribution in [0.5, 0.6) is 11.6 Å². The van der Waals surface area contributed by atoms with E-state index in [1.54, 1.807) is 0 Å². The molecule has 0 aliphatic heterocycles. The average Bonchev–Trinajstić information content (AvgIpc) is 2.55. The van der Waals surface area contributed by atoms with Crippen LogP contribution in [0.4, 0.5) is 0 Å². The van der Waals surface area contributed by atoms with Gasteiger partial charge in [-0.3, -0.25) is 9.89 Å². The quantitative estimate of drug-likeness (QED) is 0.577. The number of aromatic amines is 1. The summed E-state index contributed by atoms with van der Waals surface area (Å²) < 4.78 is 1.13. The van der Waals surface area contributed by atoms with Gasteiger partial charge in [-0.25, -0.2) is 4.68 Å². The van der Waals surface area contributed by atoms with Crippen LogP contribution in [0.3, 0.4) is 0 Å². The van der Waals surface area contributed by atoms with E-state index < -0.39 is 12.2 Å². The predicted molar refractivity (Wildman–Crippen MR) is 55.6 cm³/mol. The fourth-order valence-electron chi connectivity index (χ4n) is 1.39. The molecule has 6 nitrogen and oxygen atoms in total. The van der Waals surface area contributed by atoms with Crippen LogP contribution in [0, 0.1) is 0 Å². The number of nitrogens with zero attached hydrogens (tertiary/aromatic N) is 1. The summed E-state index contributed by atoms with van der Waals surface area (Å²) in [5.41, 5.74) is -0.159. The molecular formula is C10H10N2O4. The van der Waals surface area contributed by atoms with Gasteiger partial charge < -0.3 is 15.3 Å². The fraction of sp³-hybridized carbons (Fsp3) is 0.100. The molecule has 84 valence electrons. The van der Waals surface area contributed by atoms with E-state index in [4.69, 9.17) is 10.2 Å². The minimum Gasteiger partial charge on any atom is -0.508 e. The Morgan fingerprint density at radius 1 is 1.19 bits per heavy atom. The molecule has 4 N–H and O–H groups in total. The van der Waals surface area contributed by atoms with Crippen molar-refractivity contribution in [2.24, 2.45) is 0 Å². The zero-order chi connectivity index (χ0) is 11.7. The van der Waals surface area contributed by atoms with E-state index in [9.17, 15) is 9.90 Å². The molecule has 0 aliphatic carbocycles. The topological polar surface area (TPSA) is 98.5 Å². The molecule has 0 unspecified atom stereocenters. The fourth-order valence-corrected chi connectivity index (χ4v) is 1.39. The molecule has 0 radical (unpaired) electrons. The molecular weight excluding hydrogens is 212 g/mol. The van der Waals surface area contributed by atoms with E-state index in [0.29, 0.717) is 5.69 Å². The van der Waals surface area contributed by atoms with Crippen LogP contribution in [0.25, 0.3) is 5.69 Å². The van der Waals surface area contributed by atoms with E-state index in [2.05, 4.69) is 5.10 Å². The van der Waals surface area contributed by atoms with Crippen LogP contribution in [0.2, 0.25) is 0 Å². The Balaban J connectivity index is 2.56. The second-order valence-corrected chi connectivity index (χ2v) is 3.25. The van der Waals surface area contributed by atoms with Gasteiger partial charge >= 0.3 is 0 Å². The Bertz CT molecular complexity index is 553. The Kier molecular flexibility index (Phi) is 2.41. The van der Waals surface area contributed by atoms with Gasteiger partial charge in [-0.2, -0.15) is 0 Å². The number of hydrogen-bond acceptors (Lipinski definition) is 4. The maximum atomic E-state index is 11.3. The number of hydrogen-bond donors (Lipinski definition) is 4. The van der Waals surface area contributed by atoms with E-state index in [0.717, 1.165) is 4.68 Å². The number of aromatic nitrogens is 2. The van der Waals surface area contributed by atoms with E-state index in [1.165, 1.54) is 24.3 Å². The third-order valence-corrected chi connectivity index (χ3v) is 2.24. The normalized spacial score (nSPS) is 10.6. The first-order valence-electron chi connectivity index (χ1n) is 4.56. The Morgan fingerprint density at radius 2 is 1.81 bits per heavy atom. The number of rotatable bonds is 2. The van der Waals surface area contributed by atoms with Gasteiger partial charge in [0.15, 0.2) is 0 Å². The average molecular weight is 222 g/mol. The van der Waals surface area contributed by atoms with Gasteiger partial charge in [0.05, 0.1) is 12.3 Å². The van der Waals surface area contributed by atoms with Gasteiger partial charge in [-0.15, -0.1) is 0 Å². The van der Waals surface area contributed by atoms with E-state index in [-0.39, 0.29) is 17.2 Å². The summed E-state index contributed by atoms with van der Waals surface area (Å²) in [5.74, 6) is -0.252. The zero-order valence-corrected chi connectivity index (χ0v) is 8.21. The molecule has 1 heterocycles. The van der Waals surface area contributed by atoms with Gasteiger partial charge in [0.2, 0.25) is 5.88 Å². The molecule has 1 aromatic carbocycles. The molecule has 0 saturated carbocycles. The van der Waals surface area contributed by atoms with Gasteiger partial charge in [0.25, 0.3) is 5.56 Å². The van der Waals surface area contributed by atoms with Crippen molar-refractivity contribution in [3.05, 3.63) is 40.2 Å². The zero-order valence-electron chi connectivity index (χ0n) is 8.21. The molecule has 16 heavy (non-hydrogen) atoms. The van der Waals surface area contributed by atoms with Crippen LogP contribution < -0.4 is 5.56 Å². The van der Waals surface area contributed by atoms with Crippen LogP contribution in [0.15, 0.2) is 29.1 Å². The molecule has 0 bridgehead atoms. The largest absolute Gasteiger partial charge is 0.508 e. The van der Waals surface area contributed by atoms with Crippen molar-refractivity contribution in [1.82, 2.24) is 9.78 Å². The SMILES string of the molecule is O=c1[nH]n(-c2ccc(O)cc2)c(O)c1CO. The smallest absolute Gasteiger partial charge is 0.273 e. The first kappa shape index (κ1) is 10.3. The number of benzene rings is 1. The third kappa shape index (κ3) is 1.55. The lowest BCUT2D eigenvalue weighted by molar-refractivity contribution is 0.273. The molecule has 0 amide bonds. The molecule has 0 spiro atoms. The first-order chi connectivity index (χ1) is 7.63. The molecule has 6 heteroatoms. The number of aliphatic hydroxyl groups excluding tert-OH is 1. The number of aromatic hydroxyl groups is 2. The molecule has 0 aliphatic rings. The number of phenols is 1. The Labute approximate surface area is 90.0 Å². The molecule has 1 aromatic heterocycles. The van der Waals surface area contributed by atoms with Crippen molar-refractivity contribution in [3.8, 4) is 17.3 Å². The highest BCUT2D eigenvalue weighted by molar-refractivity contribution is 5.40. The lowest BCUT2D eigenvalue weighted by Crippen LogP contribution is -2.06. The lowest BCUT2D eigenvalue weighted by atomic mass is 10.3. The number of H-pyrrole nitrogens is 1. The molecule has 0 saturated heterocycles. The van der Waals surface area contributed by atoms with E-state index in [1.807, 2.05) is 0 Å². The third-order valence-electron chi connectivity index (χ3n) is 2.24. The second-order valence-electron chi connectivity index (χ2n) is 3.25. The van der Waals surface area contributed by atoms with Crippen LogP contribution >= 0.6 is 0 Å². The summed E-state index contributed by atoms with van der Waals surface area (Å²) in [6.45, 7) is -0.535. The number of aliphatic hydroxyl groups is 1. The van der Waals surface area contributed by atoms with Crippen molar-refractivity contribution in [2.45, 2.75) is 6.61 Å². The minimum atomic E-state index is -0.548. The molecule has 0 fully saturated rings. The molecule has 2 rings (SSSR count). The highest BCUT2D eigenvalue weighted by Crippen LogP contribution is 2.19. The van der Waals surface area contributed by atoms with Crippen LogP contribution in [-0.4, -0.2) is 25.1 Å². The van der Waals surface area contributed by atoms with Crippen molar-refractivity contribution in [3.63, 3.8) is 0 Å². The molecule has 2 aromatic rings. The summed E-state index contributed by atoms with van der Waals surface area (Å²) in [7, 11) is 0. The summed E-state index contributed by atoms with van der Waals surface area (Å²) in [6, 6.07) is 5.88. The summed E-state index contributed by atoms with van der Waals surface area (Å²) in [6.07, 6.45) is 0. The maximum Gasteiger partial charge on any atom is 0.273 e. The monoisotopic (exact) mass is 222 g/mol. The van der Waals surface area contributed by atoms with Crippen molar-refractivity contribution >= 4 is 0 Å². The first-order valence-corrected chi connectivity index (χ1v) is 4.56. The Morgan fingerprint density at radius 3 is 2.31 bits per heavy atom. The summed E-state index contributed by atoms with van der Waals surface area (Å²) >= 11 is 0. The van der Waals surface area contributed by atoms with Crippen molar-refractivity contribution in [2.75, 3.05) is 0 Å². The van der Waals surface area contributed by atoms with Gasteiger partial charge in [0, 0.05) is 0 Å². The van der Waals surface area contributed by atoms with Crippen LogP contribution in [0.1, 0.15) is 5.56 Å². The number of phenolic OH excluding ortho intramolecular Hbond substituents is 1. The minimum absolute atomic E-state index is 0.0834. The lowest BCUT2D eigenvalue weighted by Gasteiger charge is -2.04. The van der Waals surface area contributed by atoms with Crippen LogP contribution in [-0.2, 0) is 6.61 Å². The van der Waals surface area contributed by atoms with Gasteiger partial charge in [-0.1, -0.05) is 0 Å². The van der Waals surface area contributed by atoms with Gasteiger partial charge in [-0.05, 0) is 24.3 Å². The van der Waals surface area contributed by atoms with Crippen molar-refractivity contribution < 1.29 is 15.3 Å².